The summed E-state index contributed by atoms with van der Waals surface area (Å²) in [5.41, 5.74) is 17.3. The van der Waals surface area contributed by atoms with Crippen LogP contribution in [0.5, 0.6) is 0 Å². The number of benzene rings is 8. The van der Waals surface area contributed by atoms with Gasteiger partial charge in [0.15, 0.2) is 11.5 Å². The number of para-hydroxylation sites is 1. The van der Waals surface area contributed by atoms with Gasteiger partial charge in [0.25, 0.3) is 0 Å². The SMILES string of the molecule is [C-]#[N+]c1ccc(-c2cc(-c3nc(-c4ccccc4)cc(-c4ccccc4)n3)cc(-c3ccc(C#N)cc3)c2-n2c3ccccc3c3cc(-c4cc(C)cc(C)c4)ccc32)cc1. The minimum atomic E-state index is 0.566. The summed E-state index contributed by atoms with van der Waals surface area (Å²) < 4.78 is 2.38. The Hall–Kier alpha value is -8.38. The molecule has 0 unspecified atom stereocenters. The van der Waals surface area contributed by atoms with Gasteiger partial charge in [-0.15, -0.1) is 0 Å². The van der Waals surface area contributed by atoms with Crippen LogP contribution < -0.4 is 0 Å². The minimum absolute atomic E-state index is 0.566. The normalized spacial score (nSPS) is 11.1. The highest BCUT2D eigenvalue weighted by atomic mass is 15.0. The van der Waals surface area contributed by atoms with E-state index < -0.39 is 0 Å². The van der Waals surface area contributed by atoms with E-state index in [1.54, 1.807) is 0 Å². The number of hydrogen-bond donors (Lipinski definition) is 0. The minimum Gasteiger partial charge on any atom is -0.308 e. The van der Waals surface area contributed by atoms with E-state index in [0.29, 0.717) is 17.1 Å². The summed E-state index contributed by atoms with van der Waals surface area (Å²) in [6.45, 7) is 12.0. The van der Waals surface area contributed by atoms with Crippen molar-refractivity contribution in [2.24, 2.45) is 0 Å². The van der Waals surface area contributed by atoms with Crippen molar-refractivity contribution >= 4 is 27.5 Å². The van der Waals surface area contributed by atoms with Crippen LogP contribution in [0.2, 0.25) is 0 Å². The van der Waals surface area contributed by atoms with Crippen molar-refractivity contribution in [1.29, 1.82) is 5.26 Å². The first-order valence-electron chi connectivity index (χ1n) is 20.2. The molecule has 0 aliphatic carbocycles. The zero-order valence-electron chi connectivity index (χ0n) is 33.6. The molecule has 5 heteroatoms. The number of nitriles is 1. The summed E-state index contributed by atoms with van der Waals surface area (Å²) in [5, 5.41) is 12.1. The largest absolute Gasteiger partial charge is 0.308 e. The van der Waals surface area contributed by atoms with E-state index >= 15 is 0 Å². The van der Waals surface area contributed by atoms with Gasteiger partial charge in [0, 0.05) is 38.6 Å². The fourth-order valence-corrected chi connectivity index (χ4v) is 8.51. The van der Waals surface area contributed by atoms with Crippen molar-refractivity contribution in [3.05, 3.63) is 216 Å². The molecule has 0 saturated carbocycles. The number of rotatable bonds is 7. The molecular formula is C56H37N5. The van der Waals surface area contributed by atoms with Crippen molar-refractivity contribution in [3.63, 3.8) is 0 Å². The van der Waals surface area contributed by atoms with Crippen molar-refractivity contribution < 1.29 is 0 Å². The lowest BCUT2D eigenvalue weighted by atomic mass is 9.92. The Morgan fingerprint density at radius 3 is 1.61 bits per heavy atom. The van der Waals surface area contributed by atoms with Crippen molar-refractivity contribution in [3.8, 4) is 79.0 Å². The molecule has 8 aromatic carbocycles. The van der Waals surface area contributed by atoms with E-state index in [1.807, 2.05) is 84.9 Å². The van der Waals surface area contributed by atoms with Crippen LogP contribution in [0, 0.1) is 31.8 Å². The number of hydrogen-bond acceptors (Lipinski definition) is 3. The molecule has 61 heavy (non-hydrogen) atoms. The second-order valence-corrected chi connectivity index (χ2v) is 15.4. The van der Waals surface area contributed by atoms with Crippen molar-refractivity contribution in [1.82, 2.24) is 14.5 Å². The predicted molar refractivity (Wildman–Crippen MR) is 249 cm³/mol. The molecule has 0 fully saturated rings. The van der Waals surface area contributed by atoms with Crippen LogP contribution in [0.15, 0.2) is 188 Å². The lowest BCUT2D eigenvalue weighted by molar-refractivity contribution is 1.17. The molecule has 0 atom stereocenters. The Morgan fingerprint density at radius 2 is 1.02 bits per heavy atom. The van der Waals surface area contributed by atoms with Crippen LogP contribution in [-0.4, -0.2) is 14.5 Å². The topological polar surface area (TPSA) is 58.9 Å². The smallest absolute Gasteiger partial charge is 0.187 e. The van der Waals surface area contributed by atoms with Gasteiger partial charge in [0.1, 0.15) is 0 Å². The van der Waals surface area contributed by atoms with E-state index in [4.69, 9.17) is 16.5 Å². The summed E-state index contributed by atoms with van der Waals surface area (Å²) in [7, 11) is 0. The molecule has 0 bridgehead atoms. The summed E-state index contributed by atoms with van der Waals surface area (Å²) in [4.78, 5) is 14.3. The maximum absolute atomic E-state index is 9.85. The fourth-order valence-electron chi connectivity index (χ4n) is 8.51. The lowest BCUT2D eigenvalue weighted by Crippen LogP contribution is -2.03. The standard InChI is InChI=1S/C56H37N5/c1-36-28-37(2)30-44(29-36)43-24-27-54-50(31-43)47-16-10-11-17-53(47)61(54)55-48(39-20-18-38(35-57)19-21-39)32-45(33-49(55)40-22-25-46(58-3)26-23-40)56-59-51(41-12-6-4-7-13-41)34-52(60-56)42-14-8-5-9-15-42/h4-34H,1-2H3. The van der Waals surface area contributed by atoms with Crippen molar-refractivity contribution in [2.45, 2.75) is 13.8 Å². The Balaban J connectivity index is 1.31. The molecule has 10 rings (SSSR count). The molecule has 2 heterocycles. The summed E-state index contributed by atoms with van der Waals surface area (Å²) in [6.07, 6.45) is 0. The summed E-state index contributed by atoms with van der Waals surface area (Å²) in [6, 6.07) is 66.8. The zero-order chi connectivity index (χ0) is 41.5. The third kappa shape index (κ3) is 6.91. The Morgan fingerprint density at radius 1 is 0.475 bits per heavy atom. The van der Waals surface area contributed by atoms with Gasteiger partial charge in [-0.3, -0.25) is 0 Å². The highest BCUT2D eigenvalue weighted by Crippen LogP contribution is 2.45. The molecule has 10 aromatic rings. The number of aromatic nitrogens is 3. The van der Waals surface area contributed by atoms with Crippen LogP contribution in [0.25, 0.3) is 99.6 Å². The van der Waals surface area contributed by atoms with E-state index in [2.05, 4.69) is 132 Å². The summed E-state index contributed by atoms with van der Waals surface area (Å²) in [5.74, 6) is 0.584. The monoisotopic (exact) mass is 779 g/mol. The maximum atomic E-state index is 9.85. The molecule has 286 valence electrons. The first kappa shape index (κ1) is 36.9. The van der Waals surface area contributed by atoms with Gasteiger partial charge in [-0.2, -0.15) is 5.26 Å². The van der Waals surface area contributed by atoms with E-state index in [0.717, 1.165) is 83.4 Å². The number of nitrogens with zero attached hydrogens (tertiary/aromatic N) is 5. The predicted octanol–water partition coefficient (Wildman–Crippen LogP) is 14.6. The van der Waals surface area contributed by atoms with Gasteiger partial charge in [0.05, 0.1) is 46.3 Å². The Labute approximate surface area is 355 Å². The van der Waals surface area contributed by atoms with Gasteiger partial charge in [-0.05, 0) is 84.6 Å². The van der Waals surface area contributed by atoms with Gasteiger partial charge in [-0.1, -0.05) is 151 Å². The molecular weight excluding hydrogens is 743 g/mol. The van der Waals surface area contributed by atoms with Crippen LogP contribution in [-0.2, 0) is 0 Å². The highest BCUT2D eigenvalue weighted by Gasteiger charge is 2.23. The van der Waals surface area contributed by atoms with Crippen LogP contribution in [0.4, 0.5) is 5.69 Å². The quantitative estimate of drug-likeness (QED) is 0.151. The lowest BCUT2D eigenvalue weighted by Gasteiger charge is -2.21. The van der Waals surface area contributed by atoms with Gasteiger partial charge < -0.3 is 4.57 Å². The van der Waals surface area contributed by atoms with Gasteiger partial charge in [0.2, 0.25) is 0 Å². The van der Waals surface area contributed by atoms with Crippen LogP contribution in [0.3, 0.4) is 0 Å². The Bertz CT molecular complexity index is 3210. The molecule has 0 radical (unpaired) electrons. The van der Waals surface area contributed by atoms with E-state index in [1.165, 1.54) is 16.7 Å². The van der Waals surface area contributed by atoms with Gasteiger partial charge >= 0.3 is 0 Å². The number of fused-ring (bicyclic) bond motifs is 3. The first-order chi connectivity index (χ1) is 29.9. The fraction of sp³-hybridized carbons (Fsp3) is 0.0357. The number of aryl methyl sites for hydroxylation is 2. The van der Waals surface area contributed by atoms with E-state index in [-0.39, 0.29) is 0 Å². The van der Waals surface area contributed by atoms with Crippen LogP contribution >= 0.6 is 0 Å². The second kappa shape index (κ2) is 15.4. The molecule has 0 aliphatic heterocycles. The van der Waals surface area contributed by atoms with Crippen LogP contribution in [0.1, 0.15) is 16.7 Å². The van der Waals surface area contributed by atoms with Crippen molar-refractivity contribution in [2.75, 3.05) is 0 Å². The Kier molecular flexibility index (Phi) is 9.33. The molecule has 0 amide bonds. The molecule has 0 N–H and O–H groups in total. The first-order valence-corrected chi connectivity index (χ1v) is 20.2. The molecule has 5 nitrogen and oxygen atoms in total. The molecule has 0 aliphatic rings. The molecule has 0 saturated heterocycles. The average Bonchev–Trinajstić information content (AvgIpc) is 3.64. The van der Waals surface area contributed by atoms with E-state index in [9.17, 15) is 5.26 Å². The average molecular weight is 780 g/mol. The summed E-state index contributed by atoms with van der Waals surface area (Å²) >= 11 is 0. The molecule has 0 spiro atoms. The highest BCUT2D eigenvalue weighted by molar-refractivity contribution is 6.12. The van der Waals surface area contributed by atoms with Gasteiger partial charge in [-0.25, -0.2) is 14.8 Å². The maximum Gasteiger partial charge on any atom is 0.187 e. The molecule has 2 aromatic heterocycles. The third-order valence-electron chi connectivity index (χ3n) is 11.3. The third-order valence-corrected chi connectivity index (χ3v) is 11.3. The second-order valence-electron chi connectivity index (χ2n) is 15.4. The zero-order valence-corrected chi connectivity index (χ0v) is 33.6.